The van der Waals surface area contributed by atoms with Crippen LogP contribution in [0.2, 0.25) is 0 Å². The smallest absolute Gasteiger partial charge is 0.167 e. The topological polar surface area (TPSA) is 185 Å². The van der Waals surface area contributed by atoms with Crippen LogP contribution in [0.4, 0.5) is 5.82 Å². The van der Waals surface area contributed by atoms with Crippen molar-refractivity contribution in [3.8, 4) is 0 Å². The number of anilines is 1. The van der Waals surface area contributed by atoms with Crippen LogP contribution < -0.4 is 16.6 Å². The number of carboxylic acid groups (broad SMARTS) is 1. The number of ether oxygens (including phenoxy) is 1. The van der Waals surface area contributed by atoms with Crippen molar-refractivity contribution in [3.05, 3.63) is 12.7 Å². The Labute approximate surface area is 157 Å². The molecule has 12 heteroatoms. The highest BCUT2D eigenvalue weighted by Crippen LogP contribution is 2.33. The Morgan fingerprint density at radius 3 is 2.78 bits per heavy atom. The van der Waals surface area contributed by atoms with Gasteiger partial charge in [-0.05, 0) is 17.8 Å². The number of carboxylic acids is 1. The summed E-state index contributed by atoms with van der Waals surface area (Å²) < 4.78 is 7.36. The number of aromatic nitrogens is 4. The summed E-state index contributed by atoms with van der Waals surface area (Å²) in [4.78, 5) is 23.1. The molecular formula is C15H22N6O5S. The van der Waals surface area contributed by atoms with Gasteiger partial charge in [0.2, 0.25) is 0 Å². The second-order valence-corrected chi connectivity index (χ2v) is 9.00. The number of aliphatic carboxylic acids is 1. The first kappa shape index (κ1) is 19.8. The van der Waals surface area contributed by atoms with Gasteiger partial charge in [0, 0.05) is 0 Å². The number of nitrogens with zero attached hydrogens (tertiary/aromatic N) is 4. The number of fused-ring (bicyclic) bond motifs is 1. The summed E-state index contributed by atoms with van der Waals surface area (Å²) in [7, 11) is -0.496. The number of hydrogen-bond acceptors (Lipinski definition) is 10. The number of carbonyl (C=O) groups is 1. The van der Waals surface area contributed by atoms with Gasteiger partial charge in [-0.25, -0.2) is 15.0 Å². The Balaban J connectivity index is 1.77. The molecule has 0 saturated carbocycles. The highest BCUT2D eigenvalue weighted by atomic mass is 32.2. The molecule has 1 aliphatic rings. The molecule has 3 unspecified atom stereocenters. The normalized spacial score (nSPS) is 28.9. The minimum Gasteiger partial charge on any atom is -0.548 e. The minimum absolute atomic E-state index is 0.198. The zero-order chi connectivity index (χ0) is 19.9. The van der Waals surface area contributed by atoms with Gasteiger partial charge in [0.15, 0.2) is 17.7 Å². The van der Waals surface area contributed by atoms with E-state index >= 15 is 0 Å². The first-order chi connectivity index (χ1) is 12.7. The highest BCUT2D eigenvalue weighted by Gasteiger charge is 2.47. The molecule has 2 aromatic heterocycles. The van der Waals surface area contributed by atoms with Gasteiger partial charge in [0.1, 0.15) is 41.2 Å². The van der Waals surface area contributed by atoms with Crippen molar-refractivity contribution in [2.45, 2.75) is 42.8 Å². The van der Waals surface area contributed by atoms with Crippen LogP contribution in [0.5, 0.6) is 0 Å². The molecule has 6 N–H and O–H groups in total. The Morgan fingerprint density at radius 2 is 2.11 bits per heavy atom. The van der Waals surface area contributed by atoms with E-state index in [1.165, 1.54) is 17.2 Å². The third-order valence-electron chi connectivity index (χ3n) is 4.84. The van der Waals surface area contributed by atoms with Crippen molar-refractivity contribution in [2.75, 3.05) is 17.7 Å². The molecule has 1 aliphatic heterocycles. The van der Waals surface area contributed by atoms with Crippen molar-refractivity contribution in [2.24, 2.45) is 5.73 Å². The van der Waals surface area contributed by atoms with Gasteiger partial charge in [-0.2, -0.15) is 0 Å². The van der Waals surface area contributed by atoms with Crippen LogP contribution in [0.15, 0.2) is 12.7 Å². The lowest BCUT2D eigenvalue weighted by molar-refractivity contribution is -0.307. The summed E-state index contributed by atoms with van der Waals surface area (Å²) in [6.45, 7) is 1.71. The maximum atomic E-state index is 11.0. The molecule has 0 aliphatic carbocycles. The Hall–Kier alpha value is -1.99. The van der Waals surface area contributed by atoms with Crippen LogP contribution in [0.1, 0.15) is 13.2 Å². The van der Waals surface area contributed by atoms with E-state index in [2.05, 4.69) is 15.0 Å². The Morgan fingerprint density at radius 1 is 1.41 bits per heavy atom. The lowest BCUT2D eigenvalue weighted by atomic mass is 10.1. The van der Waals surface area contributed by atoms with Crippen LogP contribution >= 0.6 is 0 Å². The summed E-state index contributed by atoms with van der Waals surface area (Å²) in [5.41, 5.74) is 12.1. The van der Waals surface area contributed by atoms with Gasteiger partial charge < -0.3 is 36.3 Å². The molecule has 11 nitrogen and oxygen atoms in total. The zero-order valence-corrected chi connectivity index (χ0v) is 15.6. The third-order valence-corrected chi connectivity index (χ3v) is 7.26. The maximum Gasteiger partial charge on any atom is 0.167 e. The monoisotopic (exact) mass is 398 g/mol. The fourth-order valence-corrected chi connectivity index (χ4v) is 4.71. The summed E-state index contributed by atoms with van der Waals surface area (Å²) in [6.07, 6.45) is 0.539. The van der Waals surface area contributed by atoms with Crippen molar-refractivity contribution in [1.82, 2.24) is 19.5 Å². The molecule has 0 radical (unpaired) electrons. The van der Waals surface area contributed by atoms with E-state index in [-0.39, 0.29) is 11.1 Å². The van der Waals surface area contributed by atoms with Crippen molar-refractivity contribution >= 4 is 33.8 Å². The number of aliphatic hydroxyl groups is 2. The summed E-state index contributed by atoms with van der Waals surface area (Å²) >= 11 is 0. The van der Waals surface area contributed by atoms with Crippen LogP contribution in [-0.4, -0.2) is 77.3 Å². The quantitative estimate of drug-likeness (QED) is 0.360. The van der Waals surface area contributed by atoms with Crippen molar-refractivity contribution in [3.63, 3.8) is 0 Å². The van der Waals surface area contributed by atoms with Gasteiger partial charge in [-0.15, -0.1) is 0 Å². The first-order valence-electron chi connectivity index (χ1n) is 8.24. The van der Waals surface area contributed by atoms with E-state index in [1.54, 1.807) is 6.92 Å². The maximum absolute atomic E-state index is 11.0. The van der Waals surface area contributed by atoms with Crippen molar-refractivity contribution in [1.29, 1.82) is 0 Å². The standard InChI is InChI=1S/C15H22N6O5S/c1-6(8(16)15(24)25)27(2)3-7-10(22)11(23)14(26-7)21-5-20-9-12(17)18-4-19-13(9)21/h4-8,10-11,14,22-23H,3,16H2,1-2H3,(H2-,17,18,19,24,25)/t6?,7-,8?,10-,11-,14-,27?/m1/s1. The largest absolute Gasteiger partial charge is 0.548 e. The van der Waals surface area contributed by atoms with E-state index in [1.807, 2.05) is 6.26 Å². The first-order valence-corrected chi connectivity index (χ1v) is 10.1. The Kier molecular flexibility index (Phi) is 5.53. The average Bonchev–Trinajstić information content (AvgIpc) is 3.17. The molecule has 148 valence electrons. The van der Waals surface area contributed by atoms with Crippen molar-refractivity contribution < 1.29 is 24.9 Å². The molecule has 2 aromatic rings. The van der Waals surface area contributed by atoms with Gasteiger partial charge in [0.05, 0.1) is 24.6 Å². The molecule has 1 fully saturated rings. The zero-order valence-electron chi connectivity index (χ0n) is 14.8. The molecule has 7 atom stereocenters. The van der Waals surface area contributed by atoms with Gasteiger partial charge in [-0.1, -0.05) is 0 Å². The third kappa shape index (κ3) is 3.58. The van der Waals surface area contributed by atoms with Gasteiger partial charge in [-0.3, -0.25) is 4.57 Å². The van der Waals surface area contributed by atoms with E-state index in [0.717, 1.165) is 0 Å². The predicted octanol–water partition coefficient (Wildman–Crippen LogP) is -3.26. The van der Waals surface area contributed by atoms with E-state index in [9.17, 15) is 20.1 Å². The van der Waals surface area contributed by atoms with Crippen LogP contribution in [0.25, 0.3) is 11.2 Å². The van der Waals surface area contributed by atoms with Crippen LogP contribution in [-0.2, 0) is 20.4 Å². The lowest BCUT2D eigenvalue weighted by Gasteiger charge is -2.22. The number of imidazole rings is 1. The highest BCUT2D eigenvalue weighted by molar-refractivity contribution is 7.96. The Bertz CT molecular complexity index is 834. The molecule has 3 rings (SSSR count). The molecule has 0 spiro atoms. The SMILES string of the molecule is CC(C(N)C(=O)[O-])[S+](C)C[C@H]1O[C@@H](n2cnc3c(N)ncnc32)[C@H](O)[C@@H]1O. The molecule has 27 heavy (non-hydrogen) atoms. The number of hydrogen-bond donors (Lipinski definition) is 4. The van der Waals surface area contributed by atoms with E-state index in [4.69, 9.17) is 16.2 Å². The number of aliphatic hydroxyl groups excluding tert-OH is 2. The number of carbonyl (C=O) groups excluding carboxylic acids is 1. The van der Waals surface area contributed by atoms with Gasteiger partial charge >= 0.3 is 0 Å². The molecular weight excluding hydrogens is 376 g/mol. The van der Waals surface area contributed by atoms with Gasteiger partial charge in [0.25, 0.3) is 0 Å². The molecule has 0 amide bonds. The molecule has 0 bridgehead atoms. The second kappa shape index (κ2) is 7.56. The molecule has 1 saturated heterocycles. The minimum atomic E-state index is -1.32. The lowest BCUT2D eigenvalue weighted by Crippen LogP contribution is -2.52. The average molecular weight is 398 g/mol. The number of rotatable bonds is 6. The number of nitrogens with two attached hydrogens (primary N) is 2. The molecule has 3 heterocycles. The van der Waals surface area contributed by atoms with E-state index in [0.29, 0.717) is 16.9 Å². The fourth-order valence-electron chi connectivity index (χ4n) is 3.01. The number of nitrogen functional groups attached to an aromatic ring is 1. The summed E-state index contributed by atoms with van der Waals surface area (Å²) in [6, 6.07) is -1.12. The van der Waals surface area contributed by atoms with E-state index < -0.39 is 47.4 Å². The van der Waals surface area contributed by atoms with Crippen LogP contribution in [0, 0.1) is 0 Å². The predicted molar refractivity (Wildman–Crippen MR) is 96.3 cm³/mol. The fraction of sp³-hybridized carbons (Fsp3) is 0.600. The summed E-state index contributed by atoms with van der Waals surface area (Å²) in [5, 5.41) is 31.5. The summed E-state index contributed by atoms with van der Waals surface area (Å²) in [5.74, 6) is -0.793. The molecule has 0 aromatic carbocycles. The van der Waals surface area contributed by atoms with Crippen LogP contribution in [0.3, 0.4) is 0 Å². The second-order valence-electron chi connectivity index (χ2n) is 6.54.